The number of ether oxygens (including phenoxy) is 2. The number of esters is 1. The first kappa shape index (κ1) is 23.9. The Bertz CT molecular complexity index is 973. The molecule has 5 nitrogen and oxygen atoms in total. The number of thiophene rings is 1. The van der Waals surface area contributed by atoms with E-state index in [4.69, 9.17) is 32.7 Å². The molecular formula is C23H27Cl2NO4S. The second-order valence-corrected chi connectivity index (χ2v) is 10.0. The fourth-order valence-corrected chi connectivity index (χ4v) is 5.29. The number of carbonyl (C=O) groups is 2. The smallest absolute Gasteiger partial charge is 0.341 e. The highest BCUT2D eigenvalue weighted by Gasteiger charge is 2.31. The number of benzene rings is 1. The predicted octanol–water partition coefficient (Wildman–Crippen LogP) is 6.54. The SMILES string of the molecule is CCC(Oc1cc(Cl)ccc1Cl)C(=O)Nc1sc2c(c1C(=O)OC(C)C)CCC(C)C2. The van der Waals surface area contributed by atoms with Crippen LogP contribution in [0, 0.1) is 5.92 Å². The Hall–Kier alpha value is -1.76. The van der Waals surface area contributed by atoms with Crippen molar-refractivity contribution in [1.29, 1.82) is 0 Å². The van der Waals surface area contributed by atoms with Gasteiger partial charge in [-0.3, -0.25) is 4.79 Å². The number of rotatable bonds is 7. The maximum atomic E-state index is 13.1. The Morgan fingerprint density at radius 3 is 2.71 bits per heavy atom. The molecule has 2 unspecified atom stereocenters. The molecule has 1 aromatic heterocycles. The lowest BCUT2D eigenvalue weighted by molar-refractivity contribution is -0.122. The molecule has 2 aromatic rings. The van der Waals surface area contributed by atoms with Gasteiger partial charge in [-0.15, -0.1) is 11.3 Å². The fourth-order valence-electron chi connectivity index (χ4n) is 3.56. The zero-order valence-electron chi connectivity index (χ0n) is 18.1. The normalized spacial score (nSPS) is 16.5. The summed E-state index contributed by atoms with van der Waals surface area (Å²) in [6.45, 7) is 7.67. The van der Waals surface area contributed by atoms with Crippen molar-refractivity contribution in [2.75, 3.05) is 5.32 Å². The predicted molar refractivity (Wildman–Crippen MR) is 126 cm³/mol. The molecule has 0 bridgehead atoms. The molecule has 3 rings (SSSR count). The van der Waals surface area contributed by atoms with Crippen molar-refractivity contribution in [2.45, 2.75) is 65.6 Å². The topological polar surface area (TPSA) is 64.6 Å². The lowest BCUT2D eigenvalue weighted by Crippen LogP contribution is -2.32. The second-order valence-electron chi connectivity index (χ2n) is 8.09. The van der Waals surface area contributed by atoms with E-state index < -0.39 is 12.1 Å². The minimum atomic E-state index is -0.789. The number of amides is 1. The molecule has 0 aliphatic heterocycles. The highest BCUT2D eigenvalue weighted by molar-refractivity contribution is 7.17. The third-order valence-corrected chi connectivity index (χ3v) is 6.84. The van der Waals surface area contributed by atoms with Crippen molar-refractivity contribution >= 4 is 51.4 Å². The summed E-state index contributed by atoms with van der Waals surface area (Å²) in [4.78, 5) is 27.1. The fraction of sp³-hybridized carbons (Fsp3) is 0.478. The first-order chi connectivity index (χ1) is 14.7. The van der Waals surface area contributed by atoms with Crippen LogP contribution in [-0.2, 0) is 22.4 Å². The van der Waals surface area contributed by atoms with E-state index in [1.54, 1.807) is 18.2 Å². The van der Waals surface area contributed by atoms with E-state index in [0.29, 0.717) is 38.7 Å². The van der Waals surface area contributed by atoms with E-state index in [2.05, 4.69) is 12.2 Å². The van der Waals surface area contributed by atoms with Crippen LogP contribution >= 0.6 is 34.5 Å². The van der Waals surface area contributed by atoms with Crippen LogP contribution in [0.25, 0.3) is 0 Å². The van der Waals surface area contributed by atoms with Gasteiger partial charge in [-0.2, -0.15) is 0 Å². The van der Waals surface area contributed by atoms with Crippen LogP contribution < -0.4 is 10.1 Å². The van der Waals surface area contributed by atoms with E-state index in [0.717, 1.165) is 29.7 Å². The zero-order chi connectivity index (χ0) is 22.7. The van der Waals surface area contributed by atoms with Crippen LogP contribution in [0.4, 0.5) is 5.00 Å². The summed E-state index contributed by atoms with van der Waals surface area (Å²) in [5.41, 5.74) is 1.47. The number of hydrogen-bond acceptors (Lipinski definition) is 5. The number of carbonyl (C=O) groups excluding carboxylic acids is 2. The number of hydrogen-bond donors (Lipinski definition) is 1. The molecule has 8 heteroatoms. The summed E-state index contributed by atoms with van der Waals surface area (Å²) in [6.07, 6.45) is 2.09. The van der Waals surface area contributed by atoms with E-state index in [9.17, 15) is 9.59 Å². The quantitative estimate of drug-likeness (QED) is 0.453. The molecule has 1 amide bonds. The summed E-state index contributed by atoms with van der Waals surface area (Å²) in [7, 11) is 0. The van der Waals surface area contributed by atoms with Crippen LogP contribution in [-0.4, -0.2) is 24.1 Å². The van der Waals surface area contributed by atoms with Crippen LogP contribution in [0.1, 0.15) is 61.3 Å². The van der Waals surface area contributed by atoms with E-state index >= 15 is 0 Å². The molecular weight excluding hydrogens is 457 g/mol. The van der Waals surface area contributed by atoms with E-state index in [1.807, 2.05) is 20.8 Å². The van der Waals surface area contributed by atoms with Crippen LogP contribution in [0.2, 0.25) is 10.0 Å². The highest BCUT2D eigenvalue weighted by Crippen LogP contribution is 2.40. The van der Waals surface area contributed by atoms with Gasteiger partial charge in [-0.05, 0) is 63.1 Å². The standard InChI is InChI=1S/C23H27Cl2NO4S/c1-5-17(30-18-11-14(24)7-9-16(18)25)21(27)26-22-20(23(28)29-12(2)3)15-8-6-13(4)10-19(15)31-22/h7,9,11-13,17H,5-6,8,10H2,1-4H3,(H,26,27). The van der Waals surface area contributed by atoms with Gasteiger partial charge in [0.15, 0.2) is 6.10 Å². The minimum Gasteiger partial charge on any atom is -0.479 e. The minimum absolute atomic E-state index is 0.245. The Kier molecular flexibility index (Phi) is 7.89. The number of fused-ring (bicyclic) bond motifs is 1. The summed E-state index contributed by atoms with van der Waals surface area (Å²) >= 11 is 13.7. The molecule has 2 atom stereocenters. The molecule has 168 valence electrons. The number of anilines is 1. The van der Waals surface area contributed by atoms with Gasteiger partial charge in [0.05, 0.1) is 16.7 Å². The molecule has 0 saturated heterocycles. The number of nitrogens with one attached hydrogen (secondary N) is 1. The van der Waals surface area contributed by atoms with Crippen molar-refractivity contribution in [3.8, 4) is 5.75 Å². The maximum Gasteiger partial charge on any atom is 0.341 e. The van der Waals surface area contributed by atoms with Gasteiger partial charge in [-0.25, -0.2) is 4.79 Å². The third-order valence-electron chi connectivity index (χ3n) is 5.12. The Balaban J connectivity index is 1.86. The lowest BCUT2D eigenvalue weighted by atomic mass is 9.88. The molecule has 0 radical (unpaired) electrons. The molecule has 1 aromatic carbocycles. The van der Waals surface area contributed by atoms with E-state index in [-0.39, 0.29) is 12.0 Å². The van der Waals surface area contributed by atoms with Gasteiger partial charge in [0, 0.05) is 16.0 Å². The maximum absolute atomic E-state index is 13.1. The molecule has 31 heavy (non-hydrogen) atoms. The van der Waals surface area contributed by atoms with E-state index in [1.165, 1.54) is 11.3 Å². The average molecular weight is 484 g/mol. The molecule has 1 N–H and O–H groups in total. The molecule has 1 aliphatic carbocycles. The second kappa shape index (κ2) is 10.2. The molecule has 0 spiro atoms. The Morgan fingerprint density at radius 2 is 2.03 bits per heavy atom. The molecule has 1 heterocycles. The first-order valence-electron chi connectivity index (χ1n) is 10.5. The average Bonchev–Trinajstić information content (AvgIpc) is 3.04. The molecule has 0 fully saturated rings. The lowest BCUT2D eigenvalue weighted by Gasteiger charge is -2.19. The van der Waals surface area contributed by atoms with Gasteiger partial charge in [0.2, 0.25) is 0 Å². The van der Waals surface area contributed by atoms with Crippen molar-refractivity contribution in [1.82, 2.24) is 0 Å². The summed E-state index contributed by atoms with van der Waals surface area (Å²) < 4.78 is 11.3. The summed E-state index contributed by atoms with van der Waals surface area (Å²) in [5.74, 6) is 0.142. The first-order valence-corrected chi connectivity index (χ1v) is 12.0. The molecule has 1 aliphatic rings. The van der Waals surface area contributed by atoms with Crippen LogP contribution in [0.5, 0.6) is 5.75 Å². The summed E-state index contributed by atoms with van der Waals surface area (Å²) in [5, 5.41) is 4.28. The zero-order valence-corrected chi connectivity index (χ0v) is 20.4. The van der Waals surface area contributed by atoms with Gasteiger partial charge in [0.1, 0.15) is 10.8 Å². The monoisotopic (exact) mass is 483 g/mol. The van der Waals surface area contributed by atoms with Gasteiger partial charge in [-0.1, -0.05) is 37.0 Å². The van der Waals surface area contributed by atoms with Crippen molar-refractivity contribution in [2.24, 2.45) is 5.92 Å². The van der Waals surface area contributed by atoms with Crippen molar-refractivity contribution in [3.05, 3.63) is 44.2 Å². The number of halogens is 2. The van der Waals surface area contributed by atoms with Gasteiger partial charge in [0.25, 0.3) is 5.91 Å². The van der Waals surface area contributed by atoms with Crippen molar-refractivity contribution in [3.63, 3.8) is 0 Å². The summed E-state index contributed by atoms with van der Waals surface area (Å²) in [6, 6.07) is 4.86. The van der Waals surface area contributed by atoms with Crippen LogP contribution in [0.3, 0.4) is 0 Å². The Labute approximate surface area is 197 Å². The van der Waals surface area contributed by atoms with Crippen LogP contribution in [0.15, 0.2) is 18.2 Å². The highest BCUT2D eigenvalue weighted by atomic mass is 35.5. The Morgan fingerprint density at radius 1 is 1.29 bits per heavy atom. The van der Waals surface area contributed by atoms with Crippen molar-refractivity contribution < 1.29 is 19.1 Å². The van der Waals surface area contributed by atoms with Gasteiger partial charge >= 0.3 is 5.97 Å². The third kappa shape index (κ3) is 5.73. The largest absolute Gasteiger partial charge is 0.479 e. The van der Waals surface area contributed by atoms with Gasteiger partial charge < -0.3 is 14.8 Å². The molecule has 0 saturated carbocycles.